The molecule has 23 heavy (non-hydrogen) atoms. The maximum Gasteiger partial charge on any atom is 0.289 e. The van der Waals surface area contributed by atoms with Crippen LogP contribution in [-0.2, 0) is 0 Å². The molecule has 0 unspecified atom stereocenters. The smallest absolute Gasteiger partial charge is 0.289 e. The molecule has 0 aliphatic carbocycles. The molecule has 1 aromatic carbocycles. The van der Waals surface area contributed by atoms with Gasteiger partial charge in [-0.2, -0.15) is 5.10 Å². The van der Waals surface area contributed by atoms with Gasteiger partial charge >= 0.3 is 0 Å². The average Bonchev–Trinajstić information content (AvgIpc) is 3.21. The fourth-order valence-corrected chi connectivity index (χ4v) is 2.77. The van der Waals surface area contributed by atoms with Gasteiger partial charge in [-0.25, -0.2) is 0 Å². The molecule has 1 aliphatic rings. The van der Waals surface area contributed by atoms with Crippen LogP contribution in [0.25, 0.3) is 11.0 Å². The van der Waals surface area contributed by atoms with E-state index in [1.165, 1.54) is 0 Å². The van der Waals surface area contributed by atoms with Crippen LogP contribution in [0.5, 0.6) is 5.88 Å². The largest absolute Gasteiger partial charge is 0.471 e. The zero-order valence-electron chi connectivity index (χ0n) is 12.4. The predicted molar refractivity (Wildman–Crippen MR) is 83.2 cm³/mol. The van der Waals surface area contributed by atoms with Gasteiger partial charge in [-0.15, -0.1) is 5.10 Å². The van der Waals surface area contributed by atoms with Gasteiger partial charge in [-0.1, -0.05) is 18.2 Å². The number of ether oxygens (including phenoxy) is 1. The fourth-order valence-electron chi connectivity index (χ4n) is 2.77. The van der Waals surface area contributed by atoms with Crippen LogP contribution in [0.4, 0.5) is 0 Å². The van der Waals surface area contributed by atoms with Gasteiger partial charge in [0, 0.05) is 30.6 Å². The van der Waals surface area contributed by atoms with Crippen LogP contribution >= 0.6 is 0 Å². The Hall–Kier alpha value is -2.89. The summed E-state index contributed by atoms with van der Waals surface area (Å²) < 4.78 is 11.4. The molecule has 116 valence electrons. The Labute approximate surface area is 132 Å². The Morgan fingerprint density at radius 3 is 3.00 bits per heavy atom. The van der Waals surface area contributed by atoms with Gasteiger partial charge in [-0.3, -0.25) is 4.79 Å². The summed E-state index contributed by atoms with van der Waals surface area (Å²) in [6, 6.07) is 12.9. The van der Waals surface area contributed by atoms with E-state index >= 15 is 0 Å². The Bertz CT molecular complexity index is 798. The number of benzene rings is 1. The van der Waals surface area contributed by atoms with E-state index in [1.54, 1.807) is 29.3 Å². The van der Waals surface area contributed by atoms with Crippen LogP contribution in [0.3, 0.4) is 0 Å². The number of carbonyl (C=O) groups is 1. The van der Waals surface area contributed by atoms with E-state index in [1.807, 2.05) is 24.3 Å². The molecular weight excluding hydrogens is 294 g/mol. The second-order valence-corrected chi connectivity index (χ2v) is 5.49. The van der Waals surface area contributed by atoms with Gasteiger partial charge in [0.2, 0.25) is 5.88 Å². The first-order valence-electron chi connectivity index (χ1n) is 7.52. The van der Waals surface area contributed by atoms with Crippen LogP contribution in [0, 0.1) is 0 Å². The first-order valence-corrected chi connectivity index (χ1v) is 7.52. The van der Waals surface area contributed by atoms with Crippen molar-refractivity contribution < 1.29 is 13.9 Å². The van der Waals surface area contributed by atoms with Crippen LogP contribution in [0.1, 0.15) is 17.0 Å². The highest BCUT2D eigenvalue weighted by Gasteiger charge is 2.30. The molecular formula is C17H15N3O3. The molecule has 0 bridgehead atoms. The molecule has 1 amide bonds. The third-order valence-corrected chi connectivity index (χ3v) is 3.90. The third-order valence-electron chi connectivity index (χ3n) is 3.90. The molecule has 0 radical (unpaired) electrons. The number of aromatic nitrogens is 2. The van der Waals surface area contributed by atoms with Gasteiger partial charge < -0.3 is 14.1 Å². The monoisotopic (exact) mass is 309 g/mol. The number of nitrogens with zero attached hydrogens (tertiary/aromatic N) is 3. The highest BCUT2D eigenvalue weighted by molar-refractivity contribution is 5.96. The van der Waals surface area contributed by atoms with Crippen LogP contribution in [0.15, 0.2) is 53.1 Å². The SMILES string of the molecule is O=C(c1cc2ccccc2o1)N1CC[C@@H](Oc2cccnn2)C1. The van der Waals surface area contributed by atoms with Crippen molar-refractivity contribution in [2.75, 3.05) is 13.1 Å². The second kappa shape index (κ2) is 5.72. The number of carbonyl (C=O) groups excluding carboxylic acids is 1. The molecule has 0 spiro atoms. The molecule has 6 heteroatoms. The van der Waals surface area contributed by atoms with Crippen molar-refractivity contribution in [2.24, 2.45) is 0 Å². The molecule has 3 heterocycles. The number of fused-ring (bicyclic) bond motifs is 1. The molecule has 1 fully saturated rings. The summed E-state index contributed by atoms with van der Waals surface area (Å²) in [4.78, 5) is 14.3. The molecule has 0 N–H and O–H groups in total. The summed E-state index contributed by atoms with van der Waals surface area (Å²) >= 11 is 0. The minimum absolute atomic E-state index is 0.0694. The van der Waals surface area contributed by atoms with Gasteiger partial charge in [0.05, 0.1) is 6.54 Å². The summed E-state index contributed by atoms with van der Waals surface area (Å²) in [5.74, 6) is 0.744. The quantitative estimate of drug-likeness (QED) is 0.743. The Balaban J connectivity index is 1.45. The summed E-state index contributed by atoms with van der Waals surface area (Å²) in [6.07, 6.45) is 2.29. The molecule has 6 nitrogen and oxygen atoms in total. The molecule has 1 aliphatic heterocycles. The molecule has 4 rings (SSSR count). The summed E-state index contributed by atoms with van der Waals surface area (Å²) in [7, 11) is 0. The van der Waals surface area contributed by atoms with Crippen molar-refractivity contribution in [3.8, 4) is 5.88 Å². The zero-order valence-corrected chi connectivity index (χ0v) is 12.4. The second-order valence-electron chi connectivity index (χ2n) is 5.49. The van der Waals surface area contributed by atoms with E-state index in [9.17, 15) is 4.79 Å². The molecule has 3 aromatic rings. The highest BCUT2D eigenvalue weighted by atomic mass is 16.5. The molecule has 0 saturated carbocycles. The number of rotatable bonds is 3. The van der Waals surface area contributed by atoms with E-state index in [2.05, 4.69) is 10.2 Å². The number of likely N-dealkylation sites (tertiary alicyclic amines) is 1. The van der Waals surface area contributed by atoms with Gasteiger partial charge in [-0.05, 0) is 18.2 Å². The van der Waals surface area contributed by atoms with E-state index < -0.39 is 0 Å². The van der Waals surface area contributed by atoms with Crippen molar-refractivity contribution in [1.29, 1.82) is 0 Å². The van der Waals surface area contributed by atoms with Crippen LogP contribution < -0.4 is 4.74 Å². The van der Waals surface area contributed by atoms with E-state index in [0.717, 1.165) is 17.4 Å². The van der Waals surface area contributed by atoms with Crippen molar-refractivity contribution in [1.82, 2.24) is 15.1 Å². The summed E-state index contributed by atoms with van der Waals surface area (Å²) in [6.45, 7) is 1.16. The summed E-state index contributed by atoms with van der Waals surface area (Å²) in [5.41, 5.74) is 0.724. The third kappa shape index (κ3) is 2.75. The number of furan rings is 1. The van der Waals surface area contributed by atoms with Crippen LogP contribution in [-0.4, -0.2) is 40.2 Å². The van der Waals surface area contributed by atoms with E-state index in [4.69, 9.17) is 9.15 Å². The first-order chi connectivity index (χ1) is 11.3. The van der Waals surface area contributed by atoms with Gasteiger partial charge in [0.25, 0.3) is 5.91 Å². The van der Waals surface area contributed by atoms with Crippen molar-refractivity contribution in [3.63, 3.8) is 0 Å². The molecule has 2 aromatic heterocycles. The van der Waals surface area contributed by atoms with Crippen molar-refractivity contribution in [3.05, 3.63) is 54.4 Å². The van der Waals surface area contributed by atoms with Crippen molar-refractivity contribution in [2.45, 2.75) is 12.5 Å². The average molecular weight is 309 g/mol. The van der Waals surface area contributed by atoms with Crippen LogP contribution in [0.2, 0.25) is 0 Å². The predicted octanol–water partition coefficient (Wildman–Crippen LogP) is 2.52. The number of hydrogen-bond donors (Lipinski definition) is 0. The lowest BCUT2D eigenvalue weighted by atomic mass is 10.2. The molecule has 1 saturated heterocycles. The maximum absolute atomic E-state index is 12.6. The Kier molecular flexibility index (Phi) is 3.42. The summed E-state index contributed by atoms with van der Waals surface area (Å²) in [5, 5.41) is 8.62. The number of hydrogen-bond acceptors (Lipinski definition) is 5. The fraction of sp³-hybridized carbons (Fsp3) is 0.235. The number of para-hydroxylation sites is 1. The standard InChI is InChI=1S/C17H15N3O3/c21-17(15-10-12-4-1-2-5-14(12)23-15)20-9-7-13(11-20)22-16-6-3-8-18-19-16/h1-6,8,10,13H,7,9,11H2/t13-/m1/s1. The van der Waals surface area contributed by atoms with E-state index in [-0.39, 0.29) is 12.0 Å². The lowest BCUT2D eigenvalue weighted by Gasteiger charge is -2.15. The van der Waals surface area contributed by atoms with Crippen molar-refractivity contribution >= 4 is 16.9 Å². The lowest BCUT2D eigenvalue weighted by Crippen LogP contribution is -2.30. The zero-order chi connectivity index (χ0) is 15.6. The van der Waals surface area contributed by atoms with Gasteiger partial charge in [0.15, 0.2) is 5.76 Å². The van der Waals surface area contributed by atoms with Gasteiger partial charge in [0.1, 0.15) is 11.7 Å². The lowest BCUT2D eigenvalue weighted by molar-refractivity contribution is 0.0742. The normalized spacial score (nSPS) is 17.6. The highest BCUT2D eigenvalue weighted by Crippen LogP contribution is 2.22. The Morgan fingerprint density at radius 1 is 1.26 bits per heavy atom. The topological polar surface area (TPSA) is 68.5 Å². The molecule has 1 atom stereocenters. The minimum atomic E-state index is -0.105. The number of amides is 1. The minimum Gasteiger partial charge on any atom is -0.471 e. The first kappa shape index (κ1) is 13.8. The maximum atomic E-state index is 12.6. The Morgan fingerprint density at radius 2 is 2.17 bits per heavy atom. The van der Waals surface area contributed by atoms with E-state index in [0.29, 0.717) is 24.7 Å².